The second-order valence-electron chi connectivity index (χ2n) is 9.05. The number of rotatable bonds is 1. The van der Waals surface area contributed by atoms with Crippen LogP contribution in [0.2, 0.25) is 0 Å². The number of nitrogens with one attached hydrogen (secondary N) is 1. The van der Waals surface area contributed by atoms with Gasteiger partial charge in [0.05, 0.1) is 0 Å². The summed E-state index contributed by atoms with van der Waals surface area (Å²) in [5.41, 5.74) is 3.73. The van der Waals surface area contributed by atoms with Crippen LogP contribution in [0.4, 0.5) is 0 Å². The Morgan fingerprint density at radius 3 is 1.82 bits per heavy atom. The van der Waals surface area contributed by atoms with Gasteiger partial charge in [-0.05, 0) is 71.6 Å². The van der Waals surface area contributed by atoms with Gasteiger partial charge in [0.1, 0.15) is 0 Å². The van der Waals surface area contributed by atoms with Gasteiger partial charge in [0.25, 0.3) is 0 Å². The predicted octanol–water partition coefficient (Wildman–Crippen LogP) is 9.04. The molecule has 0 fully saturated rings. The molecule has 1 N–H and O–H groups in total. The maximum Gasteiger partial charge on any atom is 0.0466 e. The van der Waals surface area contributed by atoms with Crippen LogP contribution in [-0.2, 0) is 0 Å². The molecule has 0 aliphatic carbocycles. The lowest BCUT2D eigenvalue weighted by Gasteiger charge is -2.17. The second kappa shape index (κ2) is 6.11. The molecule has 1 heteroatoms. The van der Waals surface area contributed by atoms with Crippen molar-refractivity contribution in [2.24, 2.45) is 0 Å². The summed E-state index contributed by atoms with van der Waals surface area (Å²) in [4.78, 5) is 3.55. The molecule has 7 aromatic carbocycles. The minimum Gasteiger partial charge on any atom is -0.361 e. The van der Waals surface area contributed by atoms with E-state index in [4.69, 9.17) is 0 Å². The molecule has 0 spiro atoms. The van der Waals surface area contributed by atoms with Gasteiger partial charge in [0, 0.05) is 22.7 Å². The van der Waals surface area contributed by atoms with Crippen LogP contribution in [0.3, 0.4) is 0 Å². The van der Waals surface area contributed by atoms with E-state index in [1.54, 1.807) is 0 Å². The summed E-state index contributed by atoms with van der Waals surface area (Å²) in [5, 5.41) is 14.5. The van der Waals surface area contributed by atoms with E-state index in [9.17, 15) is 0 Å². The SMILES string of the molecule is c1ccc2cc3c(-c4ccc5cccc6c7cccc8cccc(c4c56)c87)c[nH]c3cc2c1. The zero-order chi connectivity index (χ0) is 21.5. The molecule has 1 nitrogen and oxygen atoms in total. The van der Waals surface area contributed by atoms with E-state index in [2.05, 4.69) is 114 Å². The minimum atomic E-state index is 1.18. The van der Waals surface area contributed by atoms with E-state index < -0.39 is 0 Å². The highest BCUT2D eigenvalue weighted by atomic mass is 14.7. The molecular weight excluding hydrogens is 398 g/mol. The van der Waals surface area contributed by atoms with Gasteiger partial charge in [0.15, 0.2) is 0 Å². The van der Waals surface area contributed by atoms with Crippen LogP contribution in [0.1, 0.15) is 0 Å². The van der Waals surface area contributed by atoms with Gasteiger partial charge < -0.3 is 4.98 Å². The quantitative estimate of drug-likeness (QED) is 0.202. The van der Waals surface area contributed by atoms with Crippen molar-refractivity contribution in [1.82, 2.24) is 4.98 Å². The lowest BCUT2D eigenvalue weighted by atomic mass is 9.86. The van der Waals surface area contributed by atoms with Crippen molar-refractivity contribution in [1.29, 1.82) is 0 Å². The molecule has 0 saturated carbocycles. The summed E-state index contributed by atoms with van der Waals surface area (Å²) < 4.78 is 0. The monoisotopic (exact) mass is 417 g/mol. The molecule has 1 aromatic heterocycles. The lowest BCUT2D eigenvalue weighted by molar-refractivity contribution is 1.48. The van der Waals surface area contributed by atoms with Crippen molar-refractivity contribution in [3.8, 4) is 11.1 Å². The number of hydrogen-bond donors (Lipinski definition) is 1. The van der Waals surface area contributed by atoms with Crippen LogP contribution < -0.4 is 0 Å². The maximum absolute atomic E-state index is 3.55. The Labute approximate surface area is 190 Å². The smallest absolute Gasteiger partial charge is 0.0466 e. The van der Waals surface area contributed by atoms with Crippen LogP contribution in [0, 0.1) is 0 Å². The molecular formula is C32H19N. The number of benzene rings is 7. The molecule has 0 unspecified atom stereocenters. The van der Waals surface area contributed by atoms with Crippen molar-refractivity contribution in [2.45, 2.75) is 0 Å². The first-order valence-electron chi connectivity index (χ1n) is 11.5. The fourth-order valence-electron chi connectivity index (χ4n) is 5.91. The largest absolute Gasteiger partial charge is 0.361 e. The molecule has 33 heavy (non-hydrogen) atoms. The van der Waals surface area contributed by atoms with E-state index in [0.29, 0.717) is 0 Å². The average molecular weight is 418 g/mol. The van der Waals surface area contributed by atoms with Crippen molar-refractivity contribution < 1.29 is 0 Å². The molecule has 0 radical (unpaired) electrons. The Bertz CT molecular complexity index is 2020. The molecule has 0 aliphatic rings. The van der Waals surface area contributed by atoms with Crippen LogP contribution in [0.15, 0.2) is 109 Å². The van der Waals surface area contributed by atoms with Crippen molar-refractivity contribution in [3.63, 3.8) is 0 Å². The summed E-state index contributed by atoms with van der Waals surface area (Å²) in [6, 6.07) is 37.9. The van der Waals surface area contributed by atoms with Crippen molar-refractivity contribution in [3.05, 3.63) is 109 Å². The van der Waals surface area contributed by atoms with E-state index >= 15 is 0 Å². The minimum absolute atomic E-state index is 1.18. The third kappa shape index (κ3) is 2.21. The Hall–Kier alpha value is -4.36. The topological polar surface area (TPSA) is 15.8 Å². The average Bonchev–Trinajstić information content (AvgIpc) is 3.28. The molecule has 8 aromatic rings. The highest BCUT2D eigenvalue weighted by molar-refractivity contribution is 6.35. The number of H-pyrrole nitrogens is 1. The van der Waals surface area contributed by atoms with Gasteiger partial charge in [-0.2, -0.15) is 0 Å². The number of fused-ring (bicyclic) bond motifs is 4. The number of aromatic nitrogens is 1. The zero-order valence-corrected chi connectivity index (χ0v) is 17.9. The maximum atomic E-state index is 3.55. The van der Waals surface area contributed by atoms with Crippen LogP contribution >= 0.6 is 0 Å². The summed E-state index contributed by atoms with van der Waals surface area (Å²) >= 11 is 0. The first kappa shape index (κ1) is 17.2. The first-order valence-corrected chi connectivity index (χ1v) is 11.5. The zero-order valence-electron chi connectivity index (χ0n) is 17.9. The van der Waals surface area contributed by atoms with Crippen molar-refractivity contribution >= 4 is 64.8 Å². The highest BCUT2D eigenvalue weighted by Crippen LogP contribution is 2.45. The second-order valence-corrected chi connectivity index (χ2v) is 9.05. The summed E-state index contributed by atoms with van der Waals surface area (Å²) in [6.07, 6.45) is 2.18. The van der Waals surface area contributed by atoms with E-state index in [0.717, 1.165) is 0 Å². The third-order valence-electron chi connectivity index (χ3n) is 7.35. The lowest BCUT2D eigenvalue weighted by Crippen LogP contribution is -1.89. The van der Waals surface area contributed by atoms with Gasteiger partial charge in [-0.15, -0.1) is 0 Å². The van der Waals surface area contributed by atoms with Crippen LogP contribution in [0.25, 0.3) is 75.9 Å². The van der Waals surface area contributed by atoms with Gasteiger partial charge in [-0.1, -0.05) is 91.0 Å². The molecule has 0 saturated heterocycles. The first-order chi connectivity index (χ1) is 16.4. The Morgan fingerprint density at radius 1 is 0.394 bits per heavy atom. The molecule has 8 rings (SSSR count). The van der Waals surface area contributed by atoms with Gasteiger partial charge in [0.2, 0.25) is 0 Å². The molecule has 1 heterocycles. The Balaban J connectivity index is 1.61. The molecule has 0 bridgehead atoms. The third-order valence-corrected chi connectivity index (χ3v) is 7.35. The fourth-order valence-corrected chi connectivity index (χ4v) is 5.91. The summed E-state index contributed by atoms with van der Waals surface area (Å²) in [5.74, 6) is 0. The fraction of sp³-hybridized carbons (Fsp3) is 0. The standard InChI is InChI=1S/C32H19N/c1-2-7-22-17-29-27(16-21(22)6-1)28(18-33-29)25-15-14-20-10-4-12-24-23-11-3-8-19-9-5-13-26(30(19)23)32(25)31(20)24/h1-18,33H. The molecule has 152 valence electrons. The van der Waals surface area contributed by atoms with E-state index in [-0.39, 0.29) is 0 Å². The molecule has 0 aliphatic heterocycles. The normalized spacial score (nSPS) is 12.2. The van der Waals surface area contributed by atoms with Crippen molar-refractivity contribution in [2.75, 3.05) is 0 Å². The van der Waals surface area contributed by atoms with Gasteiger partial charge in [-0.3, -0.25) is 0 Å². The van der Waals surface area contributed by atoms with E-state index in [1.165, 1.54) is 75.9 Å². The van der Waals surface area contributed by atoms with Gasteiger partial charge in [-0.25, -0.2) is 0 Å². The Morgan fingerprint density at radius 2 is 1.03 bits per heavy atom. The highest BCUT2D eigenvalue weighted by Gasteiger charge is 2.18. The van der Waals surface area contributed by atoms with Crippen LogP contribution in [-0.4, -0.2) is 4.98 Å². The number of aromatic amines is 1. The van der Waals surface area contributed by atoms with Crippen LogP contribution in [0.5, 0.6) is 0 Å². The molecule has 0 amide bonds. The summed E-state index contributed by atoms with van der Waals surface area (Å²) in [7, 11) is 0. The molecule has 0 atom stereocenters. The number of hydrogen-bond acceptors (Lipinski definition) is 0. The predicted molar refractivity (Wildman–Crippen MR) is 142 cm³/mol. The summed E-state index contributed by atoms with van der Waals surface area (Å²) in [6.45, 7) is 0. The van der Waals surface area contributed by atoms with E-state index in [1.807, 2.05) is 0 Å². The van der Waals surface area contributed by atoms with Gasteiger partial charge >= 0.3 is 0 Å². The Kier molecular flexibility index (Phi) is 3.19.